The molecule has 6 heteroatoms. The largest absolute Gasteiger partial charge is 0.371 e. The Balaban J connectivity index is 1.53. The van der Waals surface area contributed by atoms with Crippen molar-refractivity contribution >= 4 is 22.4 Å². The van der Waals surface area contributed by atoms with E-state index in [2.05, 4.69) is 10.00 Å². The first kappa shape index (κ1) is 16.3. The molecule has 128 valence electrons. The van der Waals surface area contributed by atoms with Crippen LogP contribution in [-0.4, -0.2) is 34.4 Å². The molecule has 0 radical (unpaired) electrons. The maximum Gasteiger partial charge on any atom is 0.275 e. The van der Waals surface area contributed by atoms with Gasteiger partial charge < -0.3 is 4.74 Å². The van der Waals surface area contributed by atoms with E-state index in [0.717, 1.165) is 17.5 Å². The Labute approximate surface area is 150 Å². The van der Waals surface area contributed by atoms with Gasteiger partial charge in [-0.05, 0) is 23.8 Å². The van der Waals surface area contributed by atoms with E-state index < -0.39 is 0 Å². The van der Waals surface area contributed by atoms with Crippen molar-refractivity contribution < 1.29 is 4.74 Å². The van der Waals surface area contributed by atoms with Gasteiger partial charge >= 0.3 is 0 Å². The fourth-order valence-electron chi connectivity index (χ4n) is 3.13. The SMILES string of the molecule is O=c1c2ccccc2cnn1CN1CCOC(c2ccc(Cl)cc2)C1. The molecule has 1 saturated heterocycles. The lowest BCUT2D eigenvalue weighted by molar-refractivity contribution is -0.0421. The van der Waals surface area contributed by atoms with Gasteiger partial charge in [0.2, 0.25) is 0 Å². The van der Waals surface area contributed by atoms with E-state index >= 15 is 0 Å². The zero-order valence-electron chi connectivity index (χ0n) is 13.6. The van der Waals surface area contributed by atoms with Crippen molar-refractivity contribution in [2.45, 2.75) is 12.8 Å². The van der Waals surface area contributed by atoms with E-state index in [1.807, 2.05) is 48.5 Å². The molecule has 3 aromatic rings. The Morgan fingerprint density at radius 2 is 1.96 bits per heavy atom. The first-order valence-corrected chi connectivity index (χ1v) is 8.63. The number of rotatable bonds is 3. The lowest BCUT2D eigenvalue weighted by Crippen LogP contribution is -2.42. The molecule has 1 unspecified atom stereocenters. The highest BCUT2D eigenvalue weighted by Gasteiger charge is 2.22. The van der Waals surface area contributed by atoms with Crippen molar-refractivity contribution in [2.75, 3.05) is 19.7 Å². The summed E-state index contributed by atoms with van der Waals surface area (Å²) in [4.78, 5) is 14.8. The Bertz CT molecular complexity index is 939. The molecule has 1 fully saturated rings. The number of morpholine rings is 1. The number of halogens is 1. The van der Waals surface area contributed by atoms with Crippen molar-refractivity contribution in [2.24, 2.45) is 0 Å². The molecule has 1 aliphatic heterocycles. The molecule has 0 bridgehead atoms. The number of nitrogens with zero attached hydrogens (tertiary/aromatic N) is 3. The molecule has 4 rings (SSSR count). The van der Waals surface area contributed by atoms with Gasteiger partial charge in [0.15, 0.2) is 0 Å². The molecular weight excluding hydrogens is 338 g/mol. The smallest absolute Gasteiger partial charge is 0.275 e. The highest BCUT2D eigenvalue weighted by Crippen LogP contribution is 2.23. The van der Waals surface area contributed by atoms with Gasteiger partial charge in [-0.1, -0.05) is 41.9 Å². The molecule has 0 N–H and O–H groups in total. The molecular formula is C19H18ClN3O2. The molecule has 2 heterocycles. The highest BCUT2D eigenvalue weighted by atomic mass is 35.5. The van der Waals surface area contributed by atoms with E-state index in [-0.39, 0.29) is 11.7 Å². The number of ether oxygens (including phenoxy) is 1. The molecule has 1 aliphatic rings. The third-order valence-electron chi connectivity index (χ3n) is 4.49. The normalized spacial score (nSPS) is 18.5. The summed E-state index contributed by atoms with van der Waals surface area (Å²) in [5.41, 5.74) is 1.03. The Kier molecular flexibility index (Phi) is 4.53. The summed E-state index contributed by atoms with van der Waals surface area (Å²) in [6.07, 6.45) is 1.72. The lowest BCUT2D eigenvalue weighted by Gasteiger charge is -2.33. The van der Waals surface area contributed by atoms with Gasteiger partial charge in [0.1, 0.15) is 0 Å². The minimum atomic E-state index is -0.0624. The standard InChI is InChI=1S/C19H18ClN3O2/c20-16-7-5-14(6-8-16)18-12-22(9-10-25-18)13-23-19(24)17-4-2-1-3-15(17)11-21-23/h1-8,11,18H,9-10,12-13H2. The lowest BCUT2D eigenvalue weighted by atomic mass is 10.1. The second-order valence-electron chi connectivity index (χ2n) is 6.17. The minimum absolute atomic E-state index is 0.0258. The maximum atomic E-state index is 12.6. The van der Waals surface area contributed by atoms with Crippen molar-refractivity contribution in [1.29, 1.82) is 0 Å². The van der Waals surface area contributed by atoms with Crippen molar-refractivity contribution in [3.8, 4) is 0 Å². The Morgan fingerprint density at radius 1 is 1.16 bits per heavy atom. The number of aromatic nitrogens is 2. The third kappa shape index (κ3) is 3.44. The van der Waals surface area contributed by atoms with Crippen LogP contribution in [-0.2, 0) is 11.4 Å². The van der Waals surface area contributed by atoms with E-state index in [4.69, 9.17) is 16.3 Å². The van der Waals surface area contributed by atoms with Crippen LogP contribution in [0, 0.1) is 0 Å². The highest BCUT2D eigenvalue weighted by molar-refractivity contribution is 6.30. The predicted molar refractivity (Wildman–Crippen MR) is 97.7 cm³/mol. The third-order valence-corrected chi connectivity index (χ3v) is 4.74. The summed E-state index contributed by atoms with van der Waals surface area (Å²) in [6.45, 7) is 2.56. The number of fused-ring (bicyclic) bond motifs is 1. The second-order valence-corrected chi connectivity index (χ2v) is 6.60. The molecule has 0 spiro atoms. The summed E-state index contributed by atoms with van der Waals surface area (Å²) in [6, 6.07) is 15.2. The van der Waals surface area contributed by atoms with Gasteiger partial charge in [-0.3, -0.25) is 9.69 Å². The fraction of sp³-hybridized carbons (Fsp3) is 0.263. The minimum Gasteiger partial charge on any atom is -0.371 e. The monoisotopic (exact) mass is 355 g/mol. The molecule has 0 amide bonds. The van der Waals surface area contributed by atoms with Crippen molar-refractivity contribution in [1.82, 2.24) is 14.7 Å². The number of benzene rings is 2. The van der Waals surface area contributed by atoms with Gasteiger partial charge in [0.05, 0.1) is 31.0 Å². The van der Waals surface area contributed by atoms with Crippen LogP contribution in [0.3, 0.4) is 0 Å². The molecule has 0 saturated carbocycles. The Hall–Kier alpha value is -2.21. The predicted octanol–water partition coefficient (Wildman–Crippen LogP) is 3.08. The summed E-state index contributed by atoms with van der Waals surface area (Å²) in [5.74, 6) is 0. The van der Waals surface area contributed by atoms with E-state index in [0.29, 0.717) is 30.2 Å². The van der Waals surface area contributed by atoms with Crippen LogP contribution in [0.15, 0.2) is 59.5 Å². The molecule has 2 aromatic carbocycles. The molecule has 25 heavy (non-hydrogen) atoms. The van der Waals surface area contributed by atoms with Gasteiger partial charge in [-0.15, -0.1) is 0 Å². The Morgan fingerprint density at radius 3 is 2.80 bits per heavy atom. The van der Waals surface area contributed by atoms with Crippen LogP contribution in [0.25, 0.3) is 10.8 Å². The number of hydrogen-bond acceptors (Lipinski definition) is 4. The van der Waals surface area contributed by atoms with Gasteiger partial charge in [-0.2, -0.15) is 5.10 Å². The topological polar surface area (TPSA) is 47.4 Å². The van der Waals surface area contributed by atoms with E-state index in [1.165, 1.54) is 4.68 Å². The van der Waals surface area contributed by atoms with Gasteiger partial charge in [-0.25, -0.2) is 4.68 Å². The average molecular weight is 356 g/mol. The van der Waals surface area contributed by atoms with Crippen LogP contribution >= 0.6 is 11.6 Å². The first-order chi connectivity index (χ1) is 12.2. The van der Waals surface area contributed by atoms with Crippen LogP contribution < -0.4 is 5.56 Å². The fourth-order valence-corrected chi connectivity index (χ4v) is 3.25. The zero-order chi connectivity index (χ0) is 17.2. The zero-order valence-corrected chi connectivity index (χ0v) is 14.4. The molecule has 5 nitrogen and oxygen atoms in total. The van der Waals surface area contributed by atoms with Crippen LogP contribution in [0.5, 0.6) is 0 Å². The summed E-state index contributed by atoms with van der Waals surface area (Å²) in [5, 5.41) is 6.59. The summed E-state index contributed by atoms with van der Waals surface area (Å²) < 4.78 is 7.40. The van der Waals surface area contributed by atoms with Crippen LogP contribution in [0.4, 0.5) is 0 Å². The van der Waals surface area contributed by atoms with Crippen molar-refractivity contribution in [3.63, 3.8) is 0 Å². The van der Waals surface area contributed by atoms with E-state index in [9.17, 15) is 4.79 Å². The maximum absolute atomic E-state index is 12.6. The molecule has 0 aliphatic carbocycles. The second kappa shape index (κ2) is 6.96. The molecule has 1 atom stereocenters. The average Bonchev–Trinajstić information content (AvgIpc) is 2.65. The van der Waals surface area contributed by atoms with Crippen LogP contribution in [0.2, 0.25) is 5.02 Å². The van der Waals surface area contributed by atoms with Gasteiger partial charge in [0.25, 0.3) is 5.56 Å². The van der Waals surface area contributed by atoms with E-state index in [1.54, 1.807) is 6.20 Å². The summed E-state index contributed by atoms with van der Waals surface area (Å²) >= 11 is 5.95. The van der Waals surface area contributed by atoms with Gasteiger partial charge in [0, 0.05) is 23.5 Å². The number of hydrogen-bond donors (Lipinski definition) is 0. The quantitative estimate of drug-likeness (QED) is 0.724. The molecule has 1 aromatic heterocycles. The van der Waals surface area contributed by atoms with Crippen LogP contribution in [0.1, 0.15) is 11.7 Å². The first-order valence-electron chi connectivity index (χ1n) is 8.25. The van der Waals surface area contributed by atoms with Crippen molar-refractivity contribution in [3.05, 3.63) is 75.7 Å². The summed E-state index contributed by atoms with van der Waals surface area (Å²) in [7, 11) is 0.